The van der Waals surface area contributed by atoms with E-state index in [1.165, 1.54) is 5.56 Å². The number of halogens is 1. The van der Waals surface area contributed by atoms with E-state index >= 15 is 0 Å². The number of benzene rings is 1. The zero-order valence-electron chi connectivity index (χ0n) is 14.9. The molecule has 0 bridgehead atoms. The molecule has 1 aliphatic heterocycles. The highest BCUT2D eigenvalue weighted by Gasteiger charge is 2.28. The molecule has 0 spiro atoms. The SMILES string of the molecule is CN=C(NCCc1cccc(Cl)c1)N1CCC(C)C(n2ccnc2)C1. The second-order valence-corrected chi connectivity index (χ2v) is 7.08. The number of hydrogen-bond donors (Lipinski definition) is 1. The summed E-state index contributed by atoms with van der Waals surface area (Å²) < 4.78 is 2.22. The molecule has 6 heteroatoms. The van der Waals surface area contributed by atoms with Crippen molar-refractivity contribution >= 4 is 17.6 Å². The molecule has 1 saturated heterocycles. The van der Waals surface area contributed by atoms with E-state index < -0.39 is 0 Å². The van der Waals surface area contributed by atoms with E-state index in [-0.39, 0.29) is 0 Å². The maximum Gasteiger partial charge on any atom is 0.193 e. The molecule has 2 unspecified atom stereocenters. The molecule has 1 aromatic heterocycles. The van der Waals surface area contributed by atoms with Gasteiger partial charge in [0.05, 0.1) is 12.4 Å². The summed E-state index contributed by atoms with van der Waals surface area (Å²) in [6, 6.07) is 8.46. The van der Waals surface area contributed by atoms with Crippen LogP contribution in [0.2, 0.25) is 5.02 Å². The number of aliphatic imine (C=N–C) groups is 1. The van der Waals surface area contributed by atoms with Crippen molar-refractivity contribution in [2.24, 2.45) is 10.9 Å². The average Bonchev–Trinajstić information content (AvgIpc) is 3.14. The maximum atomic E-state index is 6.05. The van der Waals surface area contributed by atoms with Gasteiger partial charge >= 0.3 is 0 Å². The predicted octanol–water partition coefficient (Wildman–Crippen LogP) is 3.24. The second kappa shape index (κ2) is 8.39. The summed E-state index contributed by atoms with van der Waals surface area (Å²) in [5.74, 6) is 1.61. The van der Waals surface area contributed by atoms with E-state index in [0.29, 0.717) is 12.0 Å². The third-order valence-electron chi connectivity index (χ3n) is 4.92. The minimum Gasteiger partial charge on any atom is -0.356 e. The van der Waals surface area contributed by atoms with Crippen LogP contribution in [0.4, 0.5) is 0 Å². The van der Waals surface area contributed by atoms with Crippen molar-refractivity contribution in [3.63, 3.8) is 0 Å². The normalized spacial score (nSPS) is 21.4. The van der Waals surface area contributed by atoms with Gasteiger partial charge in [0.25, 0.3) is 0 Å². The van der Waals surface area contributed by atoms with Gasteiger partial charge in [-0.15, -0.1) is 0 Å². The first kappa shape index (κ1) is 17.8. The lowest BCUT2D eigenvalue weighted by Gasteiger charge is -2.39. The van der Waals surface area contributed by atoms with E-state index in [2.05, 4.69) is 43.9 Å². The average molecular weight is 360 g/mol. The first-order valence-electron chi connectivity index (χ1n) is 8.85. The molecule has 1 N–H and O–H groups in total. The highest BCUT2D eigenvalue weighted by molar-refractivity contribution is 6.30. The topological polar surface area (TPSA) is 45.5 Å². The summed E-state index contributed by atoms with van der Waals surface area (Å²) in [5, 5.41) is 4.28. The quantitative estimate of drug-likeness (QED) is 0.673. The summed E-state index contributed by atoms with van der Waals surface area (Å²) >= 11 is 6.05. The fourth-order valence-electron chi connectivity index (χ4n) is 3.44. The summed E-state index contributed by atoms with van der Waals surface area (Å²) in [6.45, 7) is 5.14. The van der Waals surface area contributed by atoms with Gasteiger partial charge in [0.1, 0.15) is 0 Å². The number of nitrogens with zero attached hydrogens (tertiary/aromatic N) is 4. The Kier molecular flexibility index (Phi) is 5.97. The van der Waals surface area contributed by atoms with Crippen LogP contribution < -0.4 is 5.32 Å². The van der Waals surface area contributed by atoms with Gasteiger partial charge in [0, 0.05) is 44.1 Å². The van der Waals surface area contributed by atoms with Crippen LogP contribution in [-0.4, -0.2) is 47.1 Å². The largest absolute Gasteiger partial charge is 0.356 e. The molecule has 0 amide bonds. The predicted molar refractivity (Wildman–Crippen MR) is 103 cm³/mol. The molecule has 1 aromatic carbocycles. The highest BCUT2D eigenvalue weighted by atomic mass is 35.5. The van der Waals surface area contributed by atoms with Gasteiger partial charge in [-0.05, 0) is 36.5 Å². The number of aromatic nitrogens is 2. The minimum atomic E-state index is 0.433. The number of hydrogen-bond acceptors (Lipinski definition) is 2. The third-order valence-corrected chi connectivity index (χ3v) is 5.16. The maximum absolute atomic E-state index is 6.05. The fourth-order valence-corrected chi connectivity index (χ4v) is 3.65. The number of imidazole rings is 1. The molecule has 25 heavy (non-hydrogen) atoms. The lowest BCUT2D eigenvalue weighted by Crippen LogP contribution is -2.49. The van der Waals surface area contributed by atoms with Gasteiger partial charge in [-0.1, -0.05) is 30.7 Å². The first-order valence-corrected chi connectivity index (χ1v) is 9.22. The Balaban J connectivity index is 1.57. The van der Waals surface area contributed by atoms with E-state index in [0.717, 1.165) is 43.5 Å². The highest BCUT2D eigenvalue weighted by Crippen LogP contribution is 2.27. The number of nitrogens with one attached hydrogen (secondary N) is 1. The lowest BCUT2D eigenvalue weighted by atomic mass is 9.93. The molecule has 5 nitrogen and oxygen atoms in total. The first-order chi connectivity index (χ1) is 12.2. The molecule has 3 rings (SSSR count). The molecule has 0 saturated carbocycles. The van der Waals surface area contributed by atoms with Crippen molar-refractivity contribution in [3.8, 4) is 0 Å². The minimum absolute atomic E-state index is 0.433. The van der Waals surface area contributed by atoms with Crippen molar-refractivity contribution in [2.45, 2.75) is 25.8 Å². The number of piperidine rings is 1. The van der Waals surface area contributed by atoms with Crippen molar-refractivity contribution in [2.75, 3.05) is 26.7 Å². The monoisotopic (exact) mass is 359 g/mol. The van der Waals surface area contributed by atoms with Gasteiger partial charge in [-0.2, -0.15) is 0 Å². The molecule has 2 heterocycles. The fraction of sp³-hybridized carbons (Fsp3) is 0.474. The standard InChI is InChI=1S/C19H26ClN5/c1-15-7-10-24(13-18(15)25-11-9-22-14-25)19(21-2)23-8-6-16-4-3-5-17(20)12-16/h3-5,9,11-12,14-15,18H,6-8,10,13H2,1-2H3,(H,21,23). The zero-order valence-corrected chi connectivity index (χ0v) is 15.7. The molecule has 134 valence electrons. The number of rotatable bonds is 4. The molecule has 0 aliphatic carbocycles. The molecule has 2 aromatic rings. The van der Waals surface area contributed by atoms with Gasteiger partial charge < -0.3 is 14.8 Å². The van der Waals surface area contributed by atoms with Crippen LogP contribution in [0.5, 0.6) is 0 Å². The van der Waals surface area contributed by atoms with Crippen LogP contribution >= 0.6 is 11.6 Å². The van der Waals surface area contributed by atoms with Crippen molar-refractivity contribution in [3.05, 3.63) is 53.6 Å². The molecule has 0 radical (unpaired) electrons. The van der Waals surface area contributed by atoms with Crippen molar-refractivity contribution < 1.29 is 0 Å². The third kappa shape index (κ3) is 4.54. The van der Waals surface area contributed by atoms with Crippen LogP contribution in [0, 0.1) is 5.92 Å². The van der Waals surface area contributed by atoms with Gasteiger partial charge in [-0.25, -0.2) is 4.98 Å². The summed E-state index contributed by atoms with van der Waals surface area (Å²) in [6.07, 6.45) is 7.90. The van der Waals surface area contributed by atoms with E-state index in [1.54, 1.807) is 0 Å². The Morgan fingerprint density at radius 3 is 3.04 bits per heavy atom. The Labute approximate surface area is 154 Å². The van der Waals surface area contributed by atoms with Crippen LogP contribution in [-0.2, 0) is 6.42 Å². The van der Waals surface area contributed by atoms with E-state index in [9.17, 15) is 0 Å². The van der Waals surface area contributed by atoms with Crippen molar-refractivity contribution in [1.29, 1.82) is 0 Å². The summed E-state index contributed by atoms with van der Waals surface area (Å²) in [4.78, 5) is 11.0. The molecular weight excluding hydrogens is 334 g/mol. The Morgan fingerprint density at radius 1 is 1.44 bits per heavy atom. The number of guanidine groups is 1. The van der Waals surface area contributed by atoms with Crippen LogP contribution in [0.3, 0.4) is 0 Å². The number of likely N-dealkylation sites (tertiary alicyclic amines) is 1. The summed E-state index contributed by atoms with van der Waals surface area (Å²) in [7, 11) is 1.85. The molecular formula is C19H26ClN5. The molecule has 2 atom stereocenters. The van der Waals surface area contributed by atoms with Crippen LogP contribution in [0.25, 0.3) is 0 Å². The summed E-state index contributed by atoms with van der Waals surface area (Å²) in [5.41, 5.74) is 1.24. The Bertz CT molecular complexity index is 698. The zero-order chi connectivity index (χ0) is 17.6. The molecule has 1 aliphatic rings. The van der Waals surface area contributed by atoms with Crippen LogP contribution in [0.15, 0.2) is 48.0 Å². The Morgan fingerprint density at radius 2 is 2.32 bits per heavy atom. The van der Waals surface area contributed by atoms with Crippen molar-refractivity contribution in [1.82, 2.24) is 19.8 Å². The van der Waals surface area contributed by atoms with E-state index in [4.69, 9.17) is 11.6 Å². The van der Waals surface area contributed by atoms with Gasteiger partial charge in [-0.3, -0.25) is 4.99 Å². The van der Waals surface area contributed by atoms with E-state index in [1.807, 2.05) is 37.8 Å². The molecule has 1 fully saturated rings. The van der Waals surface area contributed by atoms with Crippen LogP contribution in [0.1, 0.15) is 24.9 Å². The smallest absolute Gasteiger partial charge is 0.193 e. The van der Waals surface area contributed by atoms with Gasteiger partial charge in [0.2, 0.25) is 0 Å². The van der Waals surface area contributed by atoms with Gasteiger partial charge in [0.15, 0.2) is 5.96 Å². The lowest BCUT2D eigenvalue weighted by molar-refractivity contribution is 0.189. The second-order valence-electron chi connectivity index (χ2n) is 6.64. The Hall–Kier alpha value is -2.01.